The molecule has 1 aliphatic heterocycles. The molecule has 8 heteroatoms. The maximum atomic E-state index is 12.3. The standard InChI is InChI=1S/C15H19N5O3/c1-9-4-10(2)14(16-5-9)17-15(21)11-6-20(19-18-11)12-7-23-8-13(12)22-3/h4-6,12-13H,7-8H2,1-3H3,(H,16,17,21)/t12-,13-/m1/s1. The Labute approximate surface area is 133 Å². The quantitative estimate of drug-likeness (QED) is 0.909. The topological polar surface area (TPSA) is 91.2 Å². The minimum Gasteiger partial charge on any atom is -0.377 e. The highest BCUT2D eigenvalue weighted by Crippen LogP contribution is 2.21. The molecule has 2 atom stereocenters. The van der Waals surface area contributed by atoms with Crippen LogP contribution >= 0.6 is 0 Å². The van der Waals surface area contributed by atoms with Crippen molar-refractivity contribution >= 4 is 11.7 Å². The van der Waals surface area contributed by atoms with Crippen LogP contribution in [0.2, 0.25) is 0 Å². The van der Waals surface area contributed by atoms with E-state index in [1.165, 1.54) is 0 Å². The van der Waals surface area contributed by atoms with Crippen LogP contribution in [0.3, 0.4) is 0 Å². The van der Waals surface area contributed by atoms with Gasteiger partial charge in [0.25, 0.3) is 5.91 Å². The molecular weight excluding hydrogens is 298 g/mol. The highest BCUT2D eigenvalue weighted by Gasteiger charge is 2.31. The van der Waals surface area contributed by atoms with Crippen molar-refractivity contribution in [3.63, 3.8) is 0 Å². The third-order valence-corrected chi connectivity index (χ3v) is 3.83. The van der Waals surface area contributed by atoms with Gasteiger partial charge in [-0.1, -0.05) is 11.3 Å². The first-order valence-corrected chi connectivity index (χ1v) is 7.35. The van der Waals surface area contributed by atoms with Crippen molar-refractivity contribution in [3.8, 4) is 0 Å². The average molecular weight is 317 g/mol. The molecule has 2 aromatic rings. The molecule has 0 aliphatic carbocycles. The molecule has 1 fully saturated rings. The summed E-state index contributed by atoms with van der Waals surface area (Å²) in [7, 11) is 1.63. The summed E-state index contributed by atoms with van der Waals surface area (Å²) >= 11 is 0. The van der Waals surface area contributed by atoms with Gasteiger partial charge in [0.15, 0.2) is 5.69 Å². The van der Waals surface area contributed by atoms with Gasteiger partial charge in [0.05, 0.1) is 19.4 Å². The Morgan fingerprint density at radius 1 is 1.43 bits per heavy atom. The van der Waals surface area contributed by atoms with Crippen LogP contribution in [0.15, 0.2) is 18.5 Å². The van der Waals surface area contributed by atoms with E-state index in [0.29, 0.717) is 19.0 Å². The lowest BCUT2D eigenvalue weighted by Crippen LogP contribution is -2.24. The Kier molecular flexibility index (Phi) is 4.35. The second-order valence-corrected chi connectivity index (χ2v) is 5.60. The smallest absolute Gasteiger partial charge is 0.279 e. The van der Waals surface area contributed by atoms with Crippen molar-refractivity contribution in [2.24, 2.45) is 0 Å². The Bertz CT molecular complexity index is 715. The number of carbonyl (C=O) groups excluding carboxylic acids is 1. The lowest BCUT2D eigenvalue weighted by Gasteiger charge is -2.15. The lowest BCUT2D eigenvalue weighted by molar-refractivity contribution is 0.0661. The Hall–Kier alpha value is -2.32. The zero-order chi connectivity index (χ0) is 16.4. The molecule has 1 aliphatic rings. The average Bonchev–Trinajstić information content (AvgIpc) is 3.17. The van der Waals surface area contributed by atoms with Gasteiger partial charge in [-0.2, -0.15) is 0 Å². The molecule has 0 bridgehead atoms. The molecular formula is C15H19N5O3. The van der Waals surface area contributed by atoms with Gasteiger partial charge in [0.1, 0.15) is 18.0 Å². The molecule has 3 rings (SSSR count). The number of pyridine rings is 1. The number of aromatic nitrogens is 4. The molecule has 8 nitrogen and oxygen atoms in total. The fourth-order valence-corrected chi connectivity index (χ4v) is 2.56. The molecule has 0 radical (unpaired) electrons. The van der Waals surface area contributed by atoms with Gasteiger partial charge in [-0.05, 0) is 25.0 Å². The summed E-state index contributed by atoms with van der Waals surface area (Å²) in [5.74, 6) is 0.178. The number of hydrogen-bond acceptors (Lipinski definition) is 6. The second kappa shape index (κ2) is 6.43. The van der Waals surface area contributed by atoms with Gasteiger partial charge in [0, 0.05) is 13.3 Å². The highest BCUT2D eigenvalue weighted by molar-refractivity contribution is 6.02. The molecule has 1 N–H and O–H groups in total. The van der Waals surface area contributed by atoms with Crippen molar-refractivity contribution in [1.82, 2.24) is 20.0 Å². The fourth-order valence-electron chi connectivity index (χ4n) is 2.56. The molecule has 2 aromatic heterocycles. The normalized spacial score (nSPS) is 20.7. The van der Waals surface area contributed by atoms with E-state index in [2.05, 4.69) is 20.6 Å². The summed E-state index contributed by atoms with van der Waals surface area (Å²) in [6.45, 7) is 4.84. The van der Waals surface area contributed by atoms with Crippen LogP contribution in [-0.4, -0.2) is 52.3 Å². The predicted octanol–water partition coefficient (Wildman–Crippen LogP) is 1.13. The number of ether oxygens (including phenoxy) is 2. The van der Waals surface area contributed by atoms with Gasteiger partial charge in [-0.3, -0.25) is 4.79 Å². The summed E-state index contributed by atoms with van der Waals surface area (Å²) in [6.07, 6.45) is 3.22. The van der Waals surface area contributed by atoms with Crippen LogP contribution in [0.1, 0.15) is 27.7 Å². The first kappa shape index (κ1) is 15.6. The van der Waals surface area contributed by atoms with Crippen LogP contribution in [0, 0.1) is 13.8 Å². The van der Waals surface area contributed by atoms with Crippen LogP contribution in [0.25, 0.3) is 0 Å². The summed E-state index contributed by atoms with van der Waals surface area (Å²) in [4.78, 5) is 16.5. The molecule has 0 aromatic carbocycles. The molecule has 0 spiro atoms. The minimum absolute atomic E-state index is 0.0757. The van der Waals surface area contributed by atoms with Crippen LogP contribution in [-0.2, 0) is 9.47 Å². The molecule has 1 saturated heterocycles. The summed E-state index contributed by atoms with van der Waals surface area (Å²) < 4.78 is 12.3. The Morgan fingerprint density at radius 2 is 2.26 bits per heavy atom. The minimum atomic E-state index is -0.344. The van der Waals surface area contributed by atoms with E-state index in [4.69, 9.17) is 9.47 Å². The van der Waals surface area contributed by atoms with E-state index < -0.39 is 0 Å². The second-order valence-electron chi connectivity index (χ2n) is 5.60. The van der Waals surface area contributed by atoms with E-state index in [1.54, 1.807) is 24.2 Å². The number of carbonyl (C=O) groups is 1. The third kappa shape index (κ3) is 3.22. The number of hydrogen-bond donors (Lipinski definition) is 1. The van der Waals surface area contributed by atoms with E-state index >= 15 is 0 Å². The maximum Gasteiger partial charge on any atom is 0.279 e. The molecule has 122 valence electrons. The lowest BCUT2D eigenvalue weighted by atomic mass is 10.2. The van der Waals surface area contributed by atoms with Gasteiger partial charge in [-0.15, -0.1) is 5.10 Å². The molecule has 23 heavy (non-hydrogen) atoms. The van der Waals surface area contributed by atoms with E-state index in [0.717, 1.165) is 11.1 Å². The monoisotopic (exact) mass is 317 g/mol. The van der Waals surface area contributed by atoms with Crippen molar-refractivity contribution < 1.29 is 14.3 Å². The zero-order valence-corrected chi connectivity index (χ0v) is 13.3. The zero-order valence-electron chi connectivity index (χ0n) is 13.3. The van der Waals surface area contributed by atoms with E-state index in [-0.39, 0.29) is 23.7 Å². The van der Waals surface area contributed by atoms with E-state index in [1.807, 2.05) is 19.9 Å². The molecule has 3 heterocycles. The highest BCUT2D eigenvalue weighted by atomic mass is 16.5. The summed E-state index contributed by atoms with van der Waals surface area (Å²) in [6, 6.07) is 1.88. The van der Waals surface area contributed by atoms with E-state index in [9.17, 15) is 4.79 Å². The van der Waals surface area contributed by atoms with Crippen molar-refractivity contribution in [1.29, 1.82) is 0 Å². The van der Waals surface area contributed by atoms with Gasteiger partial charge >= 0.3 is 0 Å². The Balaban J connectivity index is 1.73. The van der Waals surface area contributed by atoms with Crippen LogP contribution < -0.4 is 5.32 Å². The number of nitrogens with one attached hydrogen (secondary N) is 1. The van der Waals surface area contributed by atoms with Crippen molar-refractivity contribution in [2.45, 2.75) is 26.0 Å². The third-order valence-electron chi connectivity index (χ3n) is 3.83. The van der Waals surface area contributed by atoms with Gasteiger partial charge in [-0.25, -0.2) is 9.67 Å². The Morgan fingerprint density at radius 3 is 3.00 bits per heavy atom. The number of methoxy groups -OCH3 is 1. The summed E-state index contributed by atoms with van der Waals surface area (Å²) in [5, 5.41) is 10.7. The number of amides is 1. The molecule has 0 saturated carbocycles. The SMILES string of the molecule is CO[C@@H]1COC[C@H]1n1cc(C(=O)Nc2ncc(C)cc2C)nn1. The van der Waals surface area contributed by atoms with Crippen molar-refractivity contribution in [2.75, 3.05) is 25.6 Å². The van der Waals surface area contributed by atoms with Crippen LogP contribution in [0.5, 0.6) is 0 Å². The van der Waals surface area contributed by atoms with Gasteiger partial charge < -0.3 is 14.8 Å². The predicted molar refractivity (Wildman–Crippen MR) is 82.3 cm³/mol. The van der Waals surface area contributed by atoms with Crippen LogP contribution in [0.4, 0.5) is 5.82 Å². The first-order valence-electron chi connectivity index (χ1n) is 7.35. The number of aryl methyl sites for hydroxylation is 2. The molecule has 0 unspecified atom stereocenters. The maximum absolute atomic E-state index is 12.3. The van der Waals surface area contributed by atoms with Gasteiger partial charge in [0.2, 0.25) is 0 Å². The van der Waals surface area contributed by atoms with Crippen molar-refractivity contribution in [3.05, 3.63) is 35.3 Å². The first-order chi connectivity index (χ1) is 11.1. The summed E-state index contributed by atoms with van der Waals surface area (Å²) in [5.41, 5.74) is 2.17. The molecule has 1 amide bonds. The largest absolute Gasteiger partial charge is 0.377 e. The number of anilines is 1. The fraction of sp³-hybridized carbons (Fsp3) is 0.467. The number of rotatable bonds is 4. The number of nitrogens with zero attached hydrogens (tertiary/aromatic N) is 4.